The van der Waals surface area contributed by atoms with E-state index in [0.29, 0.717) is 0 Å². The number of halogens is 2. The van der Waals surface area contributed by atoms with Gasteiger partial charge in [-0.1, -0.05) is 0 Å². The Labute approximate surface area is 211 Å². The molecule has 32 heavy (non-hydrogen) atoms. The first kappa shape index (κ1) is 34.8. The van der Waals surface area contributed by atoms with Gasteiger partial charge >= 0.3 is 19.5 Å². The fraction of sp³-hybridized carbons (Fsp3) is 1.00. The van der Waals surface area contributed by atoms with Crippen LogP contribution in [0, 0.1) is 0 Å². The molecule has 10 atom stereocenters. The molecular weight excluding hydrogens is 530 g/mol. The fourth-order valence-electron chi connectivity index (χ4n) is 3.09. The Morgan fingerprint density at radius 1 is 0.531 bits per heavy atom. The van der Waals surface area contributed by atoms with Crippen molar-refractivity contribution >= 4 is 0 Å². The third kappa shape index (κ3) is 9.04. The molecule has 2 fully saturated rings. The van der Waals surface area contributed by atoms with Crippen molar-refractivity contribution in [2.75, 3.05) is 39.4 Å². The molecule has 188 valence electrons. The van der Waals surface area contributed by atoms with E-state index >= 15 is 0 Å². The SMILES string of the molecule is OCC1OC([N-]CC[N-]CC[N-]C2OC(CO)C(O)C(O)C2O)C(O)C(O)C1O.[Cl-].[Cl-].[Zn+2]. The van der Waals surface area contributed by atoms with Gasteiger partial charge in [-0.05, 0) is 12.5 Å². The number of aliphatic hydroxyl groups excluding tert-OH is 8. The zero-order valence-electron chi connectivity index (χ0n) is 17.2. The zero-order valence-corrected chi connectivity index (χ0v) is 21.7. The third-order valence-electron chi connectivity index (χ3n) is 4.87. The van der Waals surface area contributed by atoms with Crippen LogP contribution in [0.4, 0.5) is 0 Å². The van der Waals surface area contributed by atoms with Crippen molar-refractivity contribution in [2.45, 2.75) is 61.3 Å². The van der Waals surface area contributed by atoms with Crippen LogP contribution in [0.3, 0.4) is 0 Å². The second-order valence-electron chi connectivity index (χ2n) is 6.92. The molecule has 0 radical (unpaired) electrons. The van der Waals surface area contributed by atoms with Gasteiger partial charge in [-0.2, -0.15) is 26.2 Å². The van der Waals surface area contributed by atoms with Gasteiger partial charge in [0.2, 0.25) is 0 Å². The molecule has 0 spiro atoms. The Morgan fingerprint density at radius 3 is 1.19 bits per heavy atom. The Bertz CT molecular complexity index is 451. The van der Waals surface area contributed by atoms with E-state index in [9.17, 15) is 30.6 Å². The quantitative estimate of drug-likeness (QED) is 0.0930. The van der Waals surface area contributed by atoms with Gasteiger partial charge in [0.15, 0.2) is 0 Å². The first-order chi connectivity index (χ1) is 13.8. The second-order valence-corrected chi connectivity index (χ2v) is 6.92. The molecular formula is C16H30Cl2N3O10Zn-3. The minimum absolute atomic E-state index is 0. The fourth-order valence-corrected chi connectivity index (χ4v) is 3.09. The summed E-state index contributed by atoms with van der Waals surface area (Å²) in [5.41, 5.74) is 0. The molecule has 0 aromatic rings. The van der Waals surface area contributed by atoms with E-state index in [1.807, 2.05) is 0 Å². The van der Waals surface area contributed by atoms with Crippen LogP contribution in [-0.4, -0.2) is 142 Å². The first-order valence-electron chi connectivity index (χ1n) is 9.39. The average molecular weight is 561 g/mol. The molecule has 2 heterocycles. The van der Waals surface area contributed by atoms with Crippen LogP contribution in [0.1, 0.15) is 0 Å². The molecule has 0 bridgehead atoms. The Balaban J connectivity index is 0. The molecule has 10 unspecified atom stereocenters. The van der Waals surface area contributed by atoms with Crippen LogP contribution in [0.25, 0.3) is 16.0 Å². The van der Waals surface area contributed by atoms with Crippen LogP contribution in [0.5, 0.6) is 0 Å². The zero-order chi connectivity index (χ0) is 21.6. The van der Waals surface area contributed by atoms with Gasteiger partial charge in [0.05, 0.1) is 25.4 Å². The molecule has 2 rings (SSSR count). The van der Waals surface area contributed by atoms with E-state index in [1.165, 1.54) is 0 Å². The van der Waals surface area contributed by atoms with Crippen LogP contribution in [-0.2, 0) is 29.0 Å². The summed E-state index contributed by atoms with van der Waals surface area (Å²) in [4.78, 5) is 0. The van der Waals surface area contributed by atoms with Crippen molar-refractivity contribution in [1.29, 1.82) is 0 Å². The Kier molecular flexibility index (Phi) is 18.7. The minimum atomic E-state index is -1.48. The smallest absolute Gasteiger partial charge is 1.00 e. The van der Waals surface area contributed by atoms with Gasteiger partial charge in [0.1, 0.15) is 36.6 Å². The number of ether oxygens (including phenoxy) is 2. The molecule has 16 heteroatoms. The van der Waals surface area contributed by atoms with Crippen molar-refractivity contribution in [3.63, 3.8) is 0 Å². The van der Waals surface area contributed by atoms with Crippen LogP contribution >= 0.6 is 0 Å². The largest absolute Gasteiger partial charge is 2.00 e. The van der Waals surface area contributed by atoms with Crippen molar-refractivity contribution < 1.29 is 94.6 Å². The van der Waals surface area contributed by atoms with Crippen molar-refractivity contribution in [1.82, 2.24) is 0 Å². The van der Waals surface area contributed by atoms with E-state index in [-0.39, 0.29) is 70.5 Å². The molecule has 0 aliphatic carbocycles. The van der Waals surface area contributed by atoms with E-state index < -0.39 is 74.5 Å². The van der Waals surface area contributed by atoms with Crippen LogP contribution in [0.15, 0.2) is 0 Å². The normalized spacial score (nSPS) is 39.4. The predicted octanol–water partition coefficient (Wildman–Crippen LogP) is -10.3. The van der Waals surface area contributed by atoms with Gasteiger partial charge in [-0.3, -0.25) is 0 Å². The summed E-state index contributed by atoms with van der Waals surface area (Å²) < 4.78 is 10.5. The van der Waals surface area contributed by atoms with Crippen LogP contribution in [0.2, 0.25) is 0 Å². The summed E-state index contributed by atoms with van der Waals surface area (Å²) in [6, 6.07) is 0. The molecule has 2 aliphatic rings. The molecule has 0 aromatic heterocycles. The molecule has 13 nitrogen and oxygen atoms in total. The summed E-state index contributed by atoms with van der Waals surface area (Å²) in [7, 11) is 0. The van der Waals surface area contributed by atoms with E-state index in [0.717, 1.165) is 0 Å². The Hall–Kier alpha value is 0.683. The molecule has 0 amide bonds. The maximum absolute atomic E-state index is 9.86. The third-order valence-corrected chi connectivity index (χ3v) is 4.87. The van der Waals surface area contributed by atoms with E-state index in [4.69, 9.17) is 19.7 Å². The van der Waals surface area contributed by atoms with Gasteiger partial charge < -0.3 is 91.1 Å². The summed E-state index contributed by atoms with van der Waals surface area (Å²) in [6.45, 7) is -0.245. The second kappa shape index (κ2) is 17.2. The number of hydrogen-bond donors (Lipinski definition) is 8. The van der Waals surface area contributed by atoms with Crippen molar-refractivity contribution in [3.8, 4) is 0 Å². The number of nitrogens with zero attached hydrogens (tertiary/aromatic N) is 3. The minimum Gasteiger partial charge on any atom is -1.00 e. The van der Waals surface area contributed by atoms with Crippen molar-refractivity contribution in [2.24, 2.45) is 0 Å². The standard InChI is InChI=1S/C16H30N3O10.2ClH.Zn/c20-5-7-9(22)11(24)13(26)15(28-7)18-3-1-17-2-4-19-16-14(27)12(25)10(23)8(6-21)29-16;;;/h7-16,20-27H,1-6H2;2*1H;/q-3;;;+2/p-2. The van der Waals surface area contributed by atoms with E-state index in [1.54, 1.807) is 0 Å². The van der Waals surface area contributed by atoms with Gasteiger partial charge in [0, 0.05) is 0 Å². The number of rotatable bonds is 10. The molecule has 0 aromatic carbocycles. The van der Waals surface area contributed by atoms with E-state index in [2.05, 4.69) is 16.0 Å². The van der Waals surface area contributed by atoms with Crippen LogP contribution < -0.4 is 24.8 Å². The van der Waals surface area contributed by atoms with Gasteiger partial charge in [0.25, 0.3) is 0 Å². The first-order valence-corrected chi connectivity index (χ1v) is 9.39. The van der Waals surface area contributed by atoms with Crippen molar-refractivity contribution in [3.05, 3.63) is 16.0 Å². The summed E-state index contributed by atoms with van der Waals surface area (Å²) in [5, 5.41) is 89.0. The number of hydrogen-bond acceptors (Lipinski definition) is 10. The number of aliphatic hydroxyl groups is 8. The topological polar surface area (TPSA) is 223 Å². The molecule has 8 N–H and O–H groups in total. The summed E-state index contributed by atoms with van der Waals surface area (Å²) in [5.74, 6) is 0. The summed E-state index contributed by atoms with van der Waals surface area (Å²) >= 11 is 0. The van der Waals surface area contributed by atoms with Gasteiger partial charge in [-0.15, -0.1) is 0 Å². The predicted molar refractivity (Wildman–Crippen MR) is 97.1 cm³/mol. The molecule has 2 aliphatic heterocycles. The maximum Gasteiger partial charge on any atom is 2.00 e. The summed E-state index contributed by atoms with van der Waals surface area (Å²) in [6.07, 6.45) is -12.9. The van der Waals surface area contributed by atoms with Gasteiger partial charge in [-0.25, -0.2) is 0 Å². The monoisotopic (exact) mass is 558 g/mol. The Morgan fingerprint density at radius 2 is 0.875 bits per heavy atom. The average Bonchev–Trinajstić information content (AvgIpc) is 2.72. The maximum atomic E-state index is 9.86. The molecule has 2 saturated heterocycles. The molecule has 0 saturated carbocycles.